The maximum atomic E-state index is 9.23. The summed E-state index contributed by atoms with van der Waals surface area (Å²) in [5, 5.41) is 15.0. The van der Waals surface area contributed by atoms with Gasteiger partial charge in [0.1, 0.15) is 17.9 Å². The number of anilines is 1. The minimum Gasteiger partial charge on any atom is -0.495 e. The molecule has 3 aromatic rings. The second-order valence-electron chi connectivity index (χ2n) is 7.93. The summed E-state index contributed by atoms with van der Waals surface area (Å²) in [7, 11) is 0. The Hall–Kier alpha value is -2.93. The Kier molecular flexibility index (Phi) is 6.20. The number of aromatic nitrogens is 4. The highest BCUT2D eigenvalue weighted by molar-refractivity contribution is 6.33. The first-order valence-electron chi connectivity index (χ1n) is 10.6. The minimum absolute atomic E-state index is 0.103. The Balaban J connectivity index is 1.86. The first-order valence-corrected chi connectivity index (χ1v) is 10.9. The van der Waals surface area contributed by atoms with Crippen molar-refractivity contribution in [1.29, 1.82) is 0 Å². The van der Waals surface area contributed by atoms with Crippen LogP contribution in [0, 0.1) is 13.5 Å². The first-order chi connectivity index (χ1) is 15.4. The van der Waals surface area contributed by atoms with Gasteiger partial charge in [0, 0.05) is 41.7 Å². The van der Waals surface area contributed by atoms with Gasteiger partial charge in [-0.1, -0.05) is 11.6 Å². The van der Waals surface area contributed by atoms with Crippen LogP contribution in [0.1, 0.15) is 42.6 Å². The van der Waals surface area contributed by atoms with E-state index in [-0.39, 0.29) is 18.6 Å². The first kappa shape index (κ1) is 22.3. The molecule has 0 aliphatic carbocycles. The second kappa shape index (κ2) is 8.90. The summed E-state index contributed by atoms with van der Waals surface area (Å²) in [6.07, 6.45) is 1.43. The van der Waals surface area contributed by atoms with Crippen LogP contribution in [0.25, 0.3) is 15.9 Å². The van der Waals surface area contributed by atoms with Crippen molar-refractivity contribution in [3.63, 3.8) is 0 Å². The van der Waals surface area contributed by atoms with Gasteiger partial charge in [-0.3, -0.25) is 4.90 Å². The maximum Gasteiger partial charge on any atom is 0.212 e. The summed E-state index contributed by atoms with van der Waals surface area (Å²) in [5.74, 6) is 1.16. The fourth-order valence-corrected chi connectivity index (χ4v) is 4.68. The molecule has 1 atom stereocenters. The number of aryl methyl sites for hydroxylation is 1. The van der Waals surface area contributed by atoms with E-state index in [1.54, 1.807) is 10.7 Å². The van der Waals surface area contributed by atoms with Crippen molar-refractivity contribution in [2.75, 3.05) is 38.6 Å². The fraction of sp³-hybridized carbons (Fsp3) is 0.455. The van der Waals surface area contributed by atoms with E-state index in [0.29, 0.717) is 41.1 Å². The van der Waals surface area contributed by atoms with Crippen LogP contribution in [-0.4, -0.2) is 62.6 Å². The molecule has 0 spiro atoms. The van der Waals surface area contributed by atoms with Gasteiger partial charge in [-0.2, -0.15) is 5.10 Å². The molecule has 1 fully saturated rings. The summed E-state index contributed by atoms with van der Waals surface area (Å²) < 4.78 is 7.94. The van der Waals surface area contributed by atoms with Gasteiger partial charge in [-0.25, -0.2) is 19.5 Å². The smallest absolute Gasteiger partial charge is 0.212 e. The number of halogens is 1. The third kappa shape index (κ3) is 3.64. The molecule has 2 aromatic heterocycles. The van der Waals surface area contributed by atoms with E-state index in [4.69, 9.17) is 28.6 Å². The fourth-order valence-electron chi connectivity index (χ4n) is 4.42. The monoisotopic (exact) mass is 455 g/mol. The van der Waals surface area contributed by atoms with Crippen molar-refractivity contribution in [2.24, 2.45) is 0 Å². The van der Waals surface area contributed by atoms with Crippen LogP contribution in [0.3, 0.4) is 0 Å². The van der Waals surface area contributed by atoms with Gasteiger partial charge >= 0.3 is 0 Å². The topological polar surface area (TPSA) is 107 Å². The molecule has 1 aliphatic heterocycles. The van der Waals surface area contributed by atoms with E-state index in [2.05, 4.69) is 24.8 Å². The highest BCUT2D eigenvalue weighted by Crippen LogP contribution is 2.48. The molecule has 0 amide bonds. The molecule has 0 bridgehead atoms. The van der Waals surface area contributed by atoms with Crippen molar-refractivity contribution < 1.29 is 9.84 Å². The average molecular weight is 456 g/mol. The summed E-state index contributed by atoms with van der Waals surface area (Å²) in [6, 6.07) is 1.53. The predicted molar refractivity (Wildman–Crippen MR) is 123 cm³/mol. The van der Waals surface area contributed by atoms with Crippen molar-refractivity contribution in [3.05, 3.63) is 45.7 Å². The number of hydrogen-bond donors (Lipinski definition) is 2. The highest BCUT2D eigenvalue weighted by atomic mass is 35.5. The lowest BCUT2D eigenvalue weighted by Gasteiger charge is -2.41. The normalized spacial score (nSPS) is 15.5. The number of fused-ring (bicyclic) bond motifs is 1. The Morgan fingerprint density at radius 2 is 2.16 bits per heavy atom. The molecule has 4 rings (SSSR count). The number of nitrogens with two attached hydrogens (primary N) is 1. The zero-order valence-corrected chi connectivity index (χ0v) is 19.1. The zero-order valence-electron chi connectivity index (χ0n) is 18.3. The molecule has 10 heteroatoms. The molecule has 1 aliphatic rings. The van der Waals surface area contributed by atoms with Crippen LogP contribution in [0.5, 0.6) is 5.75 Å². The molecule has 1 saturated heterocycles. The molecule has 1 unspecified atom stereocenters. The molecular formula is C22H26ClN7O2. The number of β-amino-alcohol motifs (C(OH)–C–C–N with tert-alkyl or cyclic N) is 1. The van der Waals surface area contributed by atoms with Gasteiger partial charge in [0.15, 0.2) is 5.65 Å². The van der Waals surface area contributed by atoms with Crippen LogP contribution in [0.2, 0.25) is 5.02 Å². The lowest BCUT2D eigenvalue weighted by molar-refractivity contribution is 0.114. The lowest BCUT2D eigenvalue weighted by atomic mass is 9.86. The molecule has 0 radical (unpaired) electrons. The van der Waals surface area contributed by atoms with Crippen LogP contribution in [-0.2, 0) is 0 Å². The largest absolute Gasteiger partial charge is 0.495 e. The van der Waals surface area contributed by atoms with Gasteiger partial charge in [0.2, 0.25) is 5.69 Å². The molecule has 3 heterocycles. The van der Waals surface area contributed by atoms with Gasteiger partial charge in [-0.15, -0.1) is 0 Å². The number of benzene rings is 1. The summed E-state index contributed by atoms with van der Waals surface area (Å²) in [4.78, 5) is 14.4. The van der Waals surface area contributed by atoms with E-state index in [9.17, 15) is 5.11 Å². The number of nitrogens with zero attached hydrogens (tertiary/aromatic N) is 6. The Morgan fingerprint density at radius 1 is 1.41 bits per heavy atom. The van der Waals surface area contributed by atoms with E-state index in [0.717, 1.165) is 35.3 Å². The summed E-state index contributed by atoms with van der Waals surface area (Å²) >= 11 is 6.61. The van der Waals surface area contributed by atoms with E-state index in [1.807, 2.05) is 20.8 Å². The van der Waals surface area contributed by atoms with Crippen LogP contribution in [0.4, 0.5) is 11.5 Å². The Morgan fingerprint density at radius 3 is 2.81 bits per heavy atom. The van der Waals surface area contributed by atoms with Crippen LogP contribution >= 0.6 is 11.6 Å². The number of likely N-dealkylation sites (tertiary alicyclic amines) is 1. The number of aliphatic hydroxyl groups excluding tert-OH is 1. The number of hydrogen-bond acceptors (Lipinski definition) is 7. The standard InChI is InChI=1S/C22H26ClN7O2/c1-5-32-20-15(13(3)30-22-17(12(2)28-30)21(24)26-11-27-22)8-16(23)19(25-4)18(20)14-9-29(10-14)6-7-31/h8,11,13-14,31H,5-7,9-10H2,1-3H3,(H2,24,26,27). The molecule has 3 N–H and O–H groups in total. The summed E-state index contributed by atoms with van der Waals surface area (Å²) in [5.41, 5.74) is 9.53. The molecule has 168 valence electrons. The SMILES string of the molecule is [C-]#[N+]c1c(Cl)cc(C(C)n2nc(C)c3c(N)ncnc32)c(OCC)c1C1CN(CCO)C1. The Labute approximate surface area is 191 Å². The van der Waals surface area contributed by atoms with Crippen molar-refractivity contribution in [1.82, 2.24) is 24.6 Å². The van der Waals surface area contributed by atoms with Gasteiger partial charge < -0.3 is 15.6 Å². The highest BCUT2D eigenvalue weighted by Gasteiger charge is 2.35. The van der Waals surface area contributed by atoms with Crippen LogP contribution < -0.4 is 10.5 Å². The average Bonchev–Trinajstić information content (AvgIpc) is 3.08. The quantitative estimate of drug-likeness (QED) is 0.526. The van der Waals surface area contributed by atoms with Gasteiger partial charge in [0.25, 0.3) is 0 Å². The lowest BCUT2D eigenvalue weighted by Crippen LogP contribution is -2.46. The second-order valence-corrected chi connectivity index (χ2v) is 8.33. The third-order valence-electron chi connectivity index (χ3n) is 5.96. The maximum absolute atomic E-state index is 9.23. The zero-order chi connectivity index (χ0) is 23.0. The molecule has 32 heavy (non-hydrogen) atoms. The molecule has 0 saturated carbocycles. The van der Waals surface area contributed by atoms with Gasteiger partial charge in [0.05, 0.1) is 36.9 Å². The number of aliphatic hydroxyl groups is 1. The minimum atomic E-state index is -0.272. The predicted octanol–water partition coefficient (Wildman–Crippen LogP) is 3.32. The number of rotatable bonds is 7. The van der Waals surface area contributed by atoms with Crippen molar-refractivity contribution in [3.8, 4) is 5.75 Å². The Bertz CT molecular complexity index is 1200. The molecular weight excluding hydrogens is 430 g/mol. The molecule has 1 aromatic carbocycles. The van der Waals surface area contributed by atoms with Crippen molar-refractivity contribution >= 4 is 34.1 Å². The number of ether oxygens (including phenoxy) is 1. The van der Waals surface area contributed by atoms with Gasteiger partial charge in [-0.05, 0) is 26.8 Å². The number of nitrogen functional groups attached to an aromatic ring is 1. The third-order valence-corrected chi connectivity index (χ3v) is 6.25. The molecule has 9 nitrogen and oxygen atoms in total. The summed E-state index contributed by atoms with van der Waals surface area (Å²) in [6.45, 7) is 16.2. The van der Waals surface area contributed by atoms with E-state index >= 15 is 0 Å². The van der Waals surface area contributed by atoms with E-state index < -0.39 is 0 Å². The van der Waals surface area contributed by atoms with Crippen molar-refractivity contribution in [2.45, 2.75) is 32.7 Å². The van der Waals surface area contributed by atoms with E-state index in [1.165, 1.54) is 6.33 Å². The van der Waals surface area contributed by atoms with Crippen LogP contribution in [0.15, 0.2) is 12.4 Å².